The van der Waals surface area contributed by atoms with Gasteiger partial charge >= 0.3 is 0 Å². The van der Waals surface area contributed by atoms with Crippen molar-refractivity contribution in [1.82, 2.24) is 9.38 Å². The Morgan fingerprint density at radius 1 is 1.36 bits per heavy atom. The lowest BCUT2D eigenvalue weighted by Gasteiger charge is -2.03. The fraction of sp³-hybridized carbons (Fsp3) is 0.125. The average molecular weight is 391 g/mol. The molecule has 0 saturated heterocycles. The van der Waals surface area contributed by atoms with Crippen molar-refractivity contribution in [3.63, 3.8) is 0 Å². The largest absolute Gasteiger partial charge is 0.274 e. The van der Waals surface area contributed by atoms with E-state index in [1.165, 1.54) is 11.3 Å². The number of hydrogen-bond acceptors (Lipinski definition) is 4. The van der Waals surface area contributed by atoms with E-state index in [0.29, 0.717) is 0 Å². The second kappa shape index (κ2) is 5.01. The second-order valence-electron chi connectivity index (χ2n) is 5.16. The molecule has 0 aliphatic carbocycles. The monoisotopic (exact) mass is 390 g/mol. The molecule has 0 aliphatic heterocycles. The molecular weight excluding hydrogens is 380 g/mol. The van der Waals surface area contributed by atoms with E-state index >= 15 is 0 Å². The molecule has 0 amide bonds. The van der Waals surface area contributed by atoms with E-state index in [1.807, 2.05) is 29.7 Å². The molecule has 0 radical (unpaired) electrons. The number of aromatic nitrogens is 2. The summed E-state index contributed by atoms with van der Waals surface area (Å²) < 4.78 is 3.42. The Balaban J connectivity index is 2.11. The highest BCUT2D eigenvalue weighted by molar-refractivity contribution is 9.10. The van der Waals surface area contributed by atoms with Crippen molar-refractivity contribution in [2.24, 2.45) is 0 Å². The van der Waals surface area contributed by atoms with Crippen molar-refractivity contribution in [1.29, 1.82) is 0 Å². The highest BCUT2D eigenvalue weighted by atomic mass is 79.9. The summed E-state index contributed by atoms with van der Waals surface area (Å²) in [4.78, 5) is 19.2. The molecule has 1 aromatic carbocycles. The first-order valence-electron chi connectivity index (χ1n) is 6.72. The maximum Gasteiger partial charge on any atom is 0.274 e. The Labute approximate surface area is 142 Å². The van der Waals surface area contributed by atoms with Crippen molar-refractivity contribution in [3.8, 4) is 0 Å². The van der Waals surface area contributed by atoms with Crippen LogP contribution in [-0.2, 0) is 0 Å². The van der Waals surface area contributed by atoms with Crippen molar-refractivity contribution < 1.29 is 0 Å². The number of fused-ring (bicyclic) bond motifs is 3. The van der Waals surface area contributed by atoms with Crippen LogP contribution in [0.5, 0.6) is 0 Å². The second-order valence-corrected chi connectivity index (χ2v) is 7.94. The minimum atomic E-state index is 0.00560. The third-order valence-electron chi connectivity index (χ3n) is 3.80. The molecule has 3 heterocycles. The van der Waals surface area contributed by atoms with Crippen molar-refractivity contribution >= 4 is 60.7 Å². The standard InChI is InChI=1S/C16H11BrN2OS2/c1-8-6-11-14(13(17)9(8)2)18-16-19(11)15(20)12(22-16)7-10-4-3-5-21-10/h3-7H,1-2H3. The molecule has 0 bridgehead atoms. The molecule has 3 nitrogen and oxygen atoms in total. The van der Waals surface area contributed by atoms with E-state index in [0.717, 1.165) is 41.0 Å². The maximum absolute atomic E-state index is 12.7. The third-order valence-corrected chi connectivity index (χ3v) is 6.55. The Hall–Kier alpha value is -1.50. The number of thiophene rings is 1. The maximum atomic E-state index is 12.7. The molecule has 4 aromatic rings. The minimum absolute atomic E-state index is 0.00560. The summed E-state index contributed by atoms with van der Waals surface area (Å²) in [6.07, 6.45) is 1.94. The first kappa shape index (κ1) is 14.1. The van der Waals surface area contributed by atoms with Gasteiger partial charge in [-0.1, -0.05) is 17.4 Å². The van der Waals surface area contributed by atoms with Gasteiger partial charge in [0.15, 0.2) is 4.96 Å². The van der Waals surface area contributed by atoms with Gasteiger partial charge in [0.1, 0.15) is 5.52 Å². The SMILES string of the molecule is Cc1cc2c(nc3sc(=Cc4cccs4)c(=O)n32)c(Br)c1C. The topological polar surface area (TPSA) is 34.4 Å². The normalized spacial score (nSPS) is 12.8. The summed E-state index contributed by atoms with van der Waals surface area (Å²) >= 11 is 6.67. The quantitative estimate of drug-likeness (QED) is 0.493. The number of aryl methyl sites for hydroxylation is 1. The van der Waals surface area contributed by atoms with Crippen LogP contribution in [0.4, 0.5) is 0 Å². The molecule has 0 spiro atoms. The molecule has 4 rings (SSSR count). The van der Waals surface area contributed by atoms with Crippen LogP contribution in [0.1, 0.15) is 16.0 Å². The molecule has 0 unspecified atom stereocenters. The molecule has 3 aromatic heterocycles. The molecule has 22 heavy (non-hydrogen) atoms. The number of halogens is 1. The Morgan fingerprint density at radius 3 is 2.91 bits per heavy atom. The number of benzene rings is 1. The summed E-state index contributed by atoms with van der Waals surface area (Å²) in [7, 11) is 0. The lowest BCUT2D eigenvalue weighted by molar-refractivity contribution is 1.18. The Bertz CT molecular complexity index is 1120. The summed E-state index contributed by atoms with van der Waals surface area (Å²) in [5.74, 6) is 0. The fourth-order valence-corrected chi connectivity index (χ4v) is 4.79. The smallest absolute Gasteiger partial charge is 0.267 e. The fourth-order valence-electron chi connectivity index (χ4n) is 2.48. The van der Waals surface area contributed by atoms with Gasteiger partial charge in [0.2, 0.25) is 0 Å². The molecule has 0 saturated carbocycles. The zero-order valence-corrected chi connectivity index (χ0v) is 15.1. The molecule has 0 N–H and O–H groups in total. The third kappa shape index (κ3) is 1.98. The number of hydrogen-bond donors (Lipinski definition) is 0. The van der Waals surface area contributed by atoms with Gasteiger partial charge in [0, 0.05) is 9.35 Å². The van der Waals surface area contributed by atoms with E-state index in [-0.39, 0.29) is 5.56 Å². The van der Waals surface area contributed by atoms with Gasteiger partial charge < -0.3 is 0 Å². The Kier molecular flexibility index (Phi) is 3.21. The van der Waals surface area contributed by atoms with Gasteiger partial charge in [-0.05, 0) is 64.5 Å². The predicted octanol–water partition coefficient (Wildman–Crippen LogP) is 3.90. The summed E-state index contributed by atoms with van der Waals surface area (Å²) in [6, 6.07) is 6.03. The van der Waals surface area contributed by atoms with E-state index in [1.54, 1.807) is 15.7 Å². The van der Waals surface area contributed by atoms with Crippen LogP contribution < -0.4 is 10.1 Å². The van der Waals surface area contributed by atoms with E-state index in [4.69, 9.17) is 0 Å². The van der Waals surface area contributed by atoms with E-state index in [2.05, 4.69) is 34.8 Å². The lowest BCUT2D eigenvalue weighted by Crippen LogP contribution is -2.22. The van der Waals surface area contributed by atoms with E-state index < -0.39 is 0 Å². The van der Waals surface area contributed by atoms with Crippen molar-refractivity contribution in [2.45, 2.75) is 13.8 Å². The van der Waals surface area contributed by atoms with Gasteiger partial charge in [-0.2, -0.15) is 0 Å². The molecule has 110 valence electrons. The number of imidazole rings is 1. The van der Waals surface area contributed by atoms with Gasteiger partial charge in [-0.3, -0.25) is 4.79 Å². The summed E-state index contributed by atoms with van der Waals surface area (Å²) in [5.41, 5.74) is 4.05. The van der Waals surface area contributed by atoms with Crippen LogP contribution >= 0.6 is 38.6 Å². The Morgan fingerprint density at radius 2 is 2.18 bits per heavy atom. The first-order valence-corrected chi connectivity index (χ1v) is 9.21. The zero-order chi connectivity index (χ0) is 15.4. The number of thiazole rings is 1. The molecule has 0 fully saturated rings. The van der Waals surface area contributed by atoms with Gasteiger partial charge in [-0.25, -0.2) is 9.38 Å². The highest BCUT2D eigenvalue weighted by Crippen LogP contribution is 2.30. The number of nitrogens with zero attached hydrogens (tertiary/aromatic N) is 2. The van der Waals surface area contributed by atoms with Crippen LogP contribution in [-0.4, -0.2) is 9.38 Å². The van der Waals surface area contributed by atoms with E-state index in [9.17, 15) is 4.79 Å². The van der Waals surface area contributed by atoms with Gasteiger partial charge in [0.05, 0.1) is 10.0 Å². The summed E-state index contributed by atoms with van der Waals surface area (Å²) in [5, 5.41) is 2.01. The van der Waals surface area contributed by atoms with Crippen LogP contribution in [0, 0.1) is 13.8 Å². The average Bonchev–Trinajstić information content (AvgIpc) is 3.17. The van der Waals surface area contributed by atoms with Crippen molar-refractivity contribution in [2.75, 3.05) is 0 Å². The van der Waals surface area contributed by atoms with Crippen LogP contribution in [0.25, 0.3) is 22.1 Å². The predicted molar refractivity (Wildman–Crippen MR) is 97.1 cm³/mol. The van der Waals surface area contributed by atoms with Crippen molar-refractivity contribution in [3.05, 3.63) is 58.9 Å². The van der Waals surface area contributed by atoms with Gasteiger partial charge in [-0.15, -0.1) is 11.3 Å². The van der Waals surface area contributed by atoms with Crippen LogP contribution in [0.2, 0.25) is 0 Å². The molecule has 0 atom stereocenters. The number of rotatable bonds is 1. The molecule has 6 heteroatoms. The first-order chi connectivity index (χ1) is 10.6. The summed E-state index contributed by atoms with van der Waals surface area (Å²) in [6.45, 7) is 4.11. The van der Waals surface area contributed by atoms with Gasteiger partial charge in [0.25, 0.3) is 5.56 Å². The lowest BCUT2D eigenvalue weighted by atomic mass is 10.1. The molecular formula is C16H11BrN2OS2. The van der Waals surface area contributed by atoms with Crippen LogP contribution in [0.15, 0.2) is 32.8 Å². The van der Waals surface area contributed by atoms with Crippen LogP contribution in [0.3, 0.4) is 0 Å². The molecule has 0 aliphatic rings. The zero-order valence-electron chi connectivity index (χ0n) is 11.9. The highest BCUT2D eigenvalue weighted by Gasteiger charge is 2.15. The minimum Gasteiger partial charge on any atom is -0.267 e.